The Morgan fingerprint density at radius 1 is 0.556 bits per heavy atom. The smallest absolute Gasteiger partial charge is 0.0737 e. The Morgan fingerprint density at radius 3 is 1.98 bits per heavy atom. The number of rotatable bonds is 9. The molecule has 0 atom stereocenters. The summed E-state index contributed by atoms with van der Waals surface area (Å²) in [5.74, 6) is 0. The maximum Gasteiger partial charge on any atom is 0.0737 e. The molecule has 54 heavy (non-hydrogen) atoms. The van der Waals surface area contributed by atoms with Gasteiger partial charge in [-0.05, 0) is 131 Å². The molecule has 2 heteroatoms. The van der Waals surface area contributed by atoms with Gasteiger partial charge in [-0.1, -0.05) is 147 Å². The monoisotopic (exact) mass is 705 g/mol. The third-order valence-electron chi connectivity index (χ3n) is 11.6. The predicted octanol–water partition coefficient (Wildman–Crippen LogP) is 13.7. The second-order valence-electron chi connectivity index (χ2n) is 15.5. The first kappa shape index (κ1) is 31.9. The Labute approximate surface area is 326 Å². The third-order valence-corrected chi connectivity index (χ3v) is 11.6. The normalized spacial score (nSPS) is 14.9. The standard InChI is InChI=1S/C52H50N2/c1-36-32-40(16-15-39-17-19-42(20-18-39)50-14-8-11-30-53-50)35-44(33-36)49-13-7-6-12-48(49)41-21-23-43(24-22-41)51-38(3)47(27-31-54-51)46-26-25-45(34-37(46)2)52(4)28-9-5-10-29-52/h6-8,11-14,17-27,30-35H,5,9-10,15-16,28-29H2,1-4H3/i3D3. The van der Waals surface area contributed by atoms with Crippen molar-refractivity contribution in [1.82, 2.24) is 9.97 Å². The van der Waals surface area contributed by atoms with Crippen LogP contribution in [0.25, 0.3) is 55.9 Å². The van der Waals surface area contributed by atoms with Crippen molar-refractivity contribution in [2.45, 2.75) is 78.0 Å². The Hall–Kier alpha value is -5.60. The molecule has 0 amide bonds. The van der Waals surface area contributed by atoms with Crippen LogP contribution in [0.1, 0.15) is 76.5 Å². The lowest BCUT2D eigenvalue weighted by Crippen LogP contribution is -2.25. The van der Waals surface area contributed by atoms with E-state index in [1.165, 1.54) is 65.5 Å². The topological polar surface area (TPSA) is 25.8 Å². The number of aryl methyl sites for hydroxylation is 4. The van der Waals surface area contributed by atoms with Gasteiger partial charge in [0.25, 0.3) is 0 Å². The highest BCUT2D eigenvalue weighted by Gasteiger charge is 2.29. The van der Waals surface area contributed by atoms with E-state index in [0.717, 1.165) is 57.5 Å². The van der Waals surface area contributed by atoms with Gasteiger partial charge in [-0.2, -0.15) is 0 Å². The highest BCUT2D eigenvalue weighted by atomic mass is 14.7. The molecule has 0 bridgehead atoms. The molecule has 8 rings (SSSR count). The highest BCUT2D eigenvalue weighted by Crippen LogP contribution is 2.41. The summed E-state index contributed by atoms with van der Waals surface area (Å²) in [6.45, 7) is 4.31. The molecule has 2 nitrogen and oxygen atoms in total. The minimum atomic E-state index is -2.35. The fraction of sp³-hybridized carbons (Fsp3) is 0.231. The Balaban J connectivity index is 1.06. The quantitative estimate of drug-likeness (QED) is 0.149. The molecule has 0 spiro atoms. The Kier molecular flexibility index (Phi) is 9.09. The fourth-order valence-corrected chi connectivity index (χ4v) is 8.49. The average Bonchev–Trinajstić information content (AvgIpc) is 3.23. The number of pyridine rings is 2. The number of hydrogen-bond acceptors (Lipinski definition) is 2. The van der Waals surface area contributed by atoms with Crippen LogP contribution in [0.5, 0.6) is 0 Å². The van der Waals surface area contributed by atoms with Crippen LogP contribution >= 0.6 is 0 Å². The minimum absolute atomic E-state index is 0.175. The van der Waals surface area contributed by atoms with Crippen molar-refractivity contribution < 1.29 is 4.11 Å². The summed E-state index contributed by atoms with van der Waals surface area (Å²) in [6.07, 6.45) is 11.7. The van der Waals surface area contributed by atoms with Crippen molar-refractivity contribution in [2.75, 3.05) is 0 Å². The number of aromatic nitrogens is 2. The molecule has 1 aliphatic carbocycles. The van der Waals surface area contributed by atoms with E-state index in [-0.39, 0.29) is 5.41 Å². The SMILES string of the molecule is [2H]C([2H])([2H])c1c(-c2ccc(C3(C)CCCCC3)cc2C)ccnc1-c1ccc(-c2ccccc2-c2cc(C)cc(CCc3ccc(-c4ccccn4)cc3)c2)cc1. The molecule has 2 aromatic heterocycles. The van der Waals surface area contributed by atoms with E-state index in [2.05, 4.69) is 123 Å². The molecule has 2 heterocycles. The van der Waals surface area contributed by atoms with Crippen LogP contribution in [-0.4, -0.2) is 9.97 Å². The third kappa shape index (κ3) is 7.44. The van der Waals surface area contributed by atoms with Gasteiger partial charge in [-0.25, -0.2) is 0 Å². The second kappa shape index (κ2) is 15.4. The van der Waals surface area contributed by atoms with Crippen LogP contribution in [0, 0.1) is 20.7 Å². The first-order chi connectivity index (χ1) is 27.6. The molecule has 0 radical (unpaired) electrons. The summed E-state index contributed by atoms with van der Waals surface area (Å²) in [5.41, 5.74) is 16.4. The summed E-state index contributed by atoms with van der Waals surface area (Å²) < 4.78 is 26.1. The van der Waals surface area contributed by atoms with Gasteiger partial charge in [0.05, 0.1) is 11.4 Å². The lowest BCUT2D eigenvalue weighted by Gasteiger charge is -2.34. The zero-order valence-electron chi connectivity index (χ0n) is 34.7. The lowest BCUT2D eigenvalue weighted by atomic mass is 9.70. The molecule has 0 saturated heterocycles. The van der Waals surface area contributed by atoms with Crippen molar-refractivity contribution in [3.63, 3.8) is 0 Å². The van der Waals surface area contributed by atoms with Crippen molar-refractivity contribution >= 4 is 0 Å². The van der Waals surface area contributed by atoms with E-state index in [0.29, 0.717) is 11.3 Å². The van der Waals surface area contributed by atoms with Crippen LogP contribution in [0.15, 0.2) is 146 Å². The van der Waals surface area contributed by atoms with Crippen LogP contribution < -0.4 is 0 Å². The number of benzene rings is 5. The maximum absolute atomic E-state index is 8.70. The van der Waals surface area contributed by atoms with Gasteiger partial charge in [0, 0.05) is 27.6 Å². The molecule has 1 fully saturated rings. The van der Waals surface area contributed by atoms with Crippen molar-refractivity contribution in [2.24, 2.45) is 0 Å². The number of nitrogens with zero attached hydrogens (tertiary/aromatic N) is 2. The van der Waals surface area contributed by atoms with Crippen LogP contribution in [0.3, 0.4) is 0 Å². The lowest BCUT2D eigenvalue weighted by molar-refractivity contribution is 0.319. The molecule has 1 saturated carbocycles. The molecule has 0 aliphatic heterocycles. The number of hydrogen-bond donors (Lipinski definition) is 0. The predicted molar refractivity (Wildman–Crippen MR) is 228 cm³/mol. The molecular formula is C52H50N2. The first-order valence-corrected chi connectivity index (χ1v) is 19.5. The second-order valence-corrected chi connectivity index (χ2v) is 15.5. The van der Waals surface area contributed by atoms with E-state index in [1.54, 1.807) is 6.20 Å². The molecule has 1 aliphatic rings. The van der Waals surface area contributed by atoms with E-state index >= 15 is 0 Å². The van der Waals surface area contributed by atoms with E-state index in [1.807, 2.05) is 42.6 Å². The van der Waals surface area contributed by atoms with Crippen molar-refractivity contribution in [3.05, 3.63) is 179 Å². The zero-order valence-corrected chi connectivity index (χ0v) is 31.7. The molecule has 0 unspecified atom stereocenters. The fourth-order valence-electron chi connectivity index (χ4n) is 8.49. The van der Waals surface area contributed by atoms with E-state index in [4.69, 9.17) is 9.10 Å². The van der Waals surface area contributed by atoms with E-state index < -0.39 is 6.85 Å². The van der Waals surface area contributed by atoms with Gasteiger partial charge in [-0.15, -0.1) is 0 Å². The van der Waals surface area contributed by atoms with Gasteiger partial charge < -0.3 is 0 Å². The van der Waals surface area contributed by atoms with Gasteiger partial charge in [0.15, 0.2) is 0 Å². The summed E-state index contributed by atoms with van der Waals surface area (Å²) in [6, 6.07) is 46.9. The average molecular weight is 706 g/mol. The van der Waals surface area contributed by atoms with Gasteiger partial charge in [0.1, 0.15) is 0 Å². The summed E-state index contributed by atoms with van der Waals surface area (Å²) >= 11 is 0. The van der Waals surface area contributed by atoms with E-state index in [9.17, 15) is 0 Å². The summed E-state index contributed by atoms with van der Waals surface area (Å²) in [5, 5.41) is 0. The van der Waals surface area contributed by atoms with Crippen LogP contribution in [-0.2, 0) is 18.3 Å². The summed E-state index contributed by atoms with van der Waals surface area (Å²) in [7, 11) is 0. The van der Waals surface area contributed by atoms with Crippen molar-refractivity contribution in [1.29, 1.82) is 0 Å². The van der Waals surface area contributed by atoms with Gasteiger partial charge >= 0.3 is 0 Å². The van der Waals surface area contributed by atoms with Gasteiger partial charge in [-0.3, -0.25) is 9.97 Å². The first-order valence-electron chi connectivity index (χ1n) is 21.0. The maximum atomic E-state index is 8.70. The molecule has 268 valence electrons. The van der Waals surface area contributed by atoms with Crippen LogP contribution in [0.4, 0.5) is 0 Å². The van der Waals surface area contributed by atoms with Crippen molar-refractivity contribution in [3.8, 4) is 55.9 Å². The minimum Gasteiger partial charge on any atom is -0.256 e. The molecule has 7 aromatic rings. The Bertz CT molecular complexity index is 2490. The van der Waals surface area contributed by atoms with Gasteiger partial charge in [0.2, 0.25) is 0 Å². The Morgan fingerprint density at radius 2 is 1.26 bits per heavy atom. The van der Waals surface area contributed by atoms with Crippen LogP contribution in [0.2, 0.25) is 0 Å². The highest BCUT2D eigenvalue weighted by molar-refractivity contribution is 5.85. The molecular weight excluding hydrogens is 653 g/mol. The largest absolute Gasteiger partial charge is 0.256 e. The molecule has 0 N–H and O–H groups in total. The zero-order chi connectivity index (χ0) is 39.6. The molecule has 5 aromatic carbocycles. The summed E-state index contributed by atoms with van der Waals surface area (Å²) in [4.78, 5) is 9.20.